The second-order valence-electron chi connectivity index (χ2n) is 7.11. The molecule has 0 heterocycles. The van der Waals surface area contributed by atoms with Gasteiger partial charge in [-0.1, -0.05) is 37.3 Å². The van der Waals surface area contributed by atoms with Crippen LogP contribution in [0.2, 0.25) is 0 Å². The molecule has 0 spiro atoms. The number of sulfonamides is 1. The number of halogens is 3. The van der Waals surface area contributed by atoms with Crippen LogP contribution in [-0.2, 0) is 27.4 Å². The average Bonchev–Trinajstić information content (AvgIpc) is 2.66. The highest BCUT2D eigenvalue weighted by Gasteiger charge is 2.34. The van der Waals surface area contributed by atoms with Gasteiger partial charge >= 0.3 is 6.18 Å². The molecule has 1 N–H and O–H groups in total. The van der Waals surface area contributed by atoms with Gasteiger partial charge in [0.25, 0.3) is 0 Å². The van der Waals surface area contributed by atoms with Gasteiger partial charge in [-0.2, -0.15) is 13.2 Å². The largest absolute Gasteiger partial charge is 0.416 e. The summed E-state index contributed by atoms with van der Waals surface area (Å²) in [6.07, 6.45) is -2.91. The summed E-state index contributed by atoms with van der Waals surface area (Å²) in [6.45, 7) is 5.11. The first-order valence-electron chi connectivity index (χ1n) is 9.40. The molecular weight excluding hydrogens is 417 g/mol. The highest BCUT2D eigenvalue weighted by molar-refractivity contribution is 7.92. The van der Waals surface area contributed by atoms with Crippen LogP contribution in [-0.4, -0.2) is 26.6 Å². The van der Waals surface area contributed by atoms with E-state index in [0.717, 1.165) is 42.0 Å². The molecule has 2 rings (SSSR count). The molecule has 1 amide bonds. The second kappa shape index (κ2) is 9.07. The van der Waals surface area contributed by atoms with Crippen LogP contribution in [0.15, 0.2) is 48.5 Å². The second-order valence-corrected chi connectivity index (χ2v) is 8.97. The molecule has 164 valence electrons. The maximum absolute atomic E-state index is 13.1. The normalized spacial score (nSPS) is 14.1. The van der Waals surface area contributed by atoms with E-state index in [1.54, 1.807) is 6.92 Å². The molecule has 0 aliphatic heterocycles. The van der Waals surface area contributed by atoms with Crippen LogP contribution in [0.4, 0.5) is 18.9 Å². The molecule has 2 aromatic carbocycles. The zero-order chi connectivity index (χ0) is 22.7. The third-order valence-corrected chi connectivity index (χ3v) is 6.00. The van der Waals surface area contributed by atoms with Gasteiger partial charge in [0.2, 0.25) is 15.9 Å². The van der Waals surface area contributed by atoms with Crippen molar-refractivity contribution in [3.8, 4) is 0 Å². The SMILES string of the molecule is CCc1ccc([C@@H](C)NC(=O)[C@@H](C)N(c2cccc(C(F)(F)F)c2)S(C)(=O)=O)cc1. The van der Waals surface area contributed by atoms with E-state index in [2.05, 4.69) is 5.32 Å². The Morgan fingerprint density at radius 2 is 1.70 bits per heavy atom. The van der Waals surface area contributed by atoms with E-state index in [-0.39, 0.29) is 5.69 Å². The van der Waals surface area contributed by atoms with Gasteiger partial charge in [0.05, 0.1) is 23.5 Å². The van der Waals surface area contributed by atoms with E-state index >= 15 is 0 Å². The van der Waals surface area contributed by atoms with Crippen molar-refractivity contribution in [1.82, 2.24) is 5.32 Å². The van der Waals surface area contributed by atoms with Crippen molar-refractivity contribution in [2.45, 2.75) is 45.5 Å². The molecule has 2 aromatic rings. The van der Waals surface area contributed by atoms with Crippen LogP contribution in [0, 0.1) is 0 Å². The van der Waals surface area contributed by atoms with Crippen LogP contribution in [0.1, 0.15) is 43.5 Å². The summed E-state index contributed by atoms with van der Waals surface area (Å²) in [5.74, 6) is -0.620. The number of hydrogen-bond donors (Lipinski definition) is 1. The number of aryl methyl sites for hydroxylation is 1. The summed E-state index contributed by atoms with van der Waals surface area (Å²) in [5, 5.41) is 2.73. The Morgan fingerprint density at radius 3 is 2.20 bits per heavy atom. The number of carbonyl (C=O) groups is 1. The van der Waals surface area contributed by atoms with Gasteiger partial charge in [-0.15, -0.1) is 0 Å². The summed E-state index contributed by atoms with van der Waals surface area (Å²) < 4.78 is 64.5. The fourth-order valence-corrected chi connectivity index (χ4v) is 4.25. The molecule has 0 aliphatic carbocycles. The maximum atomic E-state index is 13.1. The molecule has 0 aliphatic rings. The summed E-state index contributed by atoms with van der Waals surface area (Å²) in [7, 11) is -4.03. The lowest BCUT2D eigenvalue weighted by Gasteiger charge is -2.29. The zero-order valence-electron chi connectivity index (χ0n) is 17.2. The maximum Gasteiger partial charge on any atom is 0.416 e. The van der Waals surface area contributed by atoms with Crippen molar-refractivity contribution in [3.63, 3.8) is 0 Å². The number of carbonyl (C=O) groups excluding carboxylic acids is 1. The van der Waals surface area contributed by atoms with E-state index in [9.17, 15) is 26.4 Å². The minimum atomic E-state index is -4.64. The van der Waals surface area contributed by atoms with Crippen molar-refractivity contribution in [3.05, 3.63) is 65.2 Å². The molecule has 0 bridgehead atoms. The van der Waals surface area contributed by atoms with Crippen LogP contribution in [0.25, 0.3) is 0 Å². The fourth-order valence-electron chi connectivity index (χ4n) is 3.09. The van der Waals surface area contributed by atoms with Crippen LogP contribution in [0.5, 0.6) is 0 Å². The van der Waals surface area contributed by atoms with E-state index in [4.69, 9.17) is 0 Å². The van der Waals surface area contributed by atoms with Crippen molar-refractivity contribution in [2.24, 2.45) is 0 Å². The Bertz CT molecular complexity index is 989. The van der Waals surface area contributed by atoms with E-state index in [0.29, 0.717) is 4.31 Å². The van der Waals surface area contributed by atoms with Crippen molar-refractivity contribution < 1.29 is 26.4 Å². The Hall–Kier alpha value is -2.55. The standard InChI is InChI=1S/C21H25F3N2O3S/c1-5-16-9-11-17(12-10-16)14(2)25-20(27)15(3)26(30(4,28)29)19-8-6-7-18(13-19)21(22,23)24/h6-15H,5H2,1-4H3,(H,25,27)/t14-,15-/m1/s1. The van der Waals surface area contributed by atoms with Gasteiger partial charge in [0.15, 0.2) is 0 Å². The smallest absolute Gasteiger partial charge is 0.348 e. The Labute approximate surface area is 175 Å². The number of alkyl halides is 3. The van der Waals surface area contributed by atoms with E-state index in [1.807, 2.05) is 31.2 Å². The molecule has 0 aromatic heterocycles. The third-order valence-electron chi connectivity index (χ3n) is 4.76. The third kappa shape index (κ3) is 5.75. The number of nitrogens with zero attached hydrogens (tertiary/aromatic N) is 1. The molecule has 30 heavy (non-hydrogen) atoms. The quantitative estimate of drug-likeness (QED) is 0.695. The number of amides is 1. The van der Waals surface area contributed by atoms with E-state index < -0.39 is 39.8 Å². The summed E-state index contributed by atoms with van der Waals surface area (Å²) in [4.78, 5) is 12.8. The predicted molar refractivity (Wildman–Crippen MR) is 111 cm³/mol. The van der Waals surface area contributed by atoms with Gasteiger partial charge in [-0.3, -0.25) is 9.10 Å². The molecule has 9 heteroatoms. The number of benzene rings is 2. The summed E-state index contributed by atoms with van der Waals surface area (Å²) in [6, 6.07) is 9.86. The van der Waals surface area contributed by atoms with Crippen LogP contribution in [0.3, 0.4) is 0 Å². The highest BCUT2D eigenvalue weighted by Crippen LogP contribution is 2.33. The highest BCUT2D eigenvalue weighted by atomic mass is 32.2. The first-order chi connectivity index (χ1) is 13.8. The minimum Gasteiger partial charge on any atom is -0.348 e. The average molecular weight is 443 g/mol. The van der Waals surface area contributed by atoms with Gasteiger partial charge < -0.3 is 5.32 Å². The molecule has 2 atom stereocenters. The molecule has 5 nitrogen and oxygen atoms in total. The Kier molecular flexibility index (Phi) is 7.18. The number of anilines is 1. The minimum absolute atomic E-state index is 0.227. The predicted octanol–water partition coefficient (Wildman–Crippen LogP) is 4.30. The number of nitrogens with one attached hydrogen (secondary N) is 1. The van der Waals surface area contributed by atoms with Gasteiger partial charge in [-0.05, 0) is 49.6 Å². The lowest BCUT2D eigenvalue weighted by molar-refractivity contribution is -0.137. The monoisotopic (exact) mass is 442 g/mol. The van der Waals surface area contributed by atoms with Crippen molar-refractivity contribution >= 4 is 21.6 Å². The zero-order valence-corrected chi connectivity index (χ0v) is 18.0. The Balaban J connectivity index is 2.28. The number of rotatable bonds is 7. The molecule has 0 fully saturated rings. The first kappa shape index (κ1) is 23.7. The van der Waals surface area contributed by atoms with Gasteiger partial charge in [0.1, 0.15) is 6.04 Å². The van der Waals surface area contributed by atoms with Gasteiger partial charge in [-0.25, -0.2) is 8.42 Å². The van der Waals surface area contributed by atoms with Gasteiger partial charge in [0, 0.05) is 0 Å². The first-order valence-corrected chi connectivity index (χ1v) is 11.2. The molecular formula is C21H25F3N2O3S. The summed E-state index contributed by atoms with van der Waals surface area (Å²) >= 11 is 0. The molecule has 0 unspecified atom stereocenters. The Morgan fingerprint density at radius 1 is 1.10 bits per heavy atom. The van der Waals surface area contributed by atoms with Crippen LogP contribution < -0.4 is 9.62 Å². The van der Waals surface area contributed by atoms with Crippen LogP contribution >= 0.6 is 0 Å². The summed E-state index contributed by atoms with van der Waals surface area (Å²) in [5.41, 5.74) is 0.747. The fraction of sp³-hybridized carbons (Fsp3) is 0.381. The number of hydrogen-bond acceptors (Lipinski definition) is 3. The topological polar surface area (TPSA) is 66.5 Å². The van der Waals surface area contributed by atoms with Crippen molar-refractivity contribution in [2.75, 3.05) is 10.6 Å². The lowest BCUT2D eigenvalue weighted by atomic mass is 10.0. The molecule has 0 saturated heterocycles. The van der Waals surface area contributed by atoms with Crippen molar-refractivity contribution in [1.29, 1.82) is 0 Å². The molecule has 0 saturated carbocycles. The van der Waals surface area contributed by atoms with E-state index in [1.165, 1.54) is 13.0 Å². The lowest BCUT2D eigenvalue weighted by Crippen LogP contribution is -2.48. The molecule has 0 radical (unpaired) electrons.